The number of aromatic nitrogens is 1. The quantitative estimate of drug-likeness (QED) is 0.558. The Bertz CT molecular complexity index is 1150. The van der Waals surface area contributed by atoms with E-state index in [4.69, 9.17) is 18.9 Å². The number of halogens is 1. The fourth-order valence-electron chi connectivity index (χ4n) is 3.63. The van der Waals surface area contributed by atoms with Gasteiger partial charge in [-0.25, -0.2) is 4.39 Å². The number of nitrogens with zero attached hydrogens (tertiary/aromatic N) is 1. The average molecular weight is 453 g/mol. The summed E-state index contributed by atoms with van der Waals surface area (Å²) in [7, 11) is 2.80. The van der Waals surface area contributed by atoms with E-state index in [-0.39, 0.29) is 12.4 Å². The first kappa shape index (κ1) is 22.5. The second-order valence-corrected chi connectivity index (χ2v) is 7.70. The topological polar surface area (TPSA) is 87.1 Å². The van der Waals surface area contributed by atoms with Gasteiger partial charge in [0.25, 0.3) is 0 Å². The van der Waals surface area contributed by atoms with E-state index in [0.717, 1.165) is 0 Å². The number of methoxy groups -OCH3 is 2. The van der Waals surface area contributed by atoms with Crippen molar-refractivity contribution >= 4 is 5.97 Å². The maximum Gasteiger partial charge on any atom is 0.311 e. The molecule has 172 valence electrons. The molecule has 2 aromatic carbocycles. The zero-order valence-electron chi connectivity index (χ0n) is 18.4. The van der Waals surface area contributed by atoms with Gasteiger partial charge in [0.2, 0.25) is 0 Å². The number of fused-ring (bicyclic) bond motifs is 1. The average Bonchev–Trinajstić information content (AvgIpc) is 2.87. The van der Waals surface area contributed by atoms with Crippen LogP contribution in [0, 0.1) is 11.7 Å². The first-order chi connectivity index (χ1) is 15.9. The van der Waals surface area contributed by atoms with Crippen molar-refractivity contribution in [1.29, 1.82) is 0 Å². The molecular formula is C25H24FNO6. The summed E-state index contributed by atoms with van der Waals surface area (Å²) in [4.78, 5) is 16.2. The van der Waals surface area contributed by atoms with E-state index in [1.165, 1.54) is 20.3 Å². The van der Waals surface area contributed by atoms with Crippen LogP contribution >= 0.6 is 0 Å². The summed E-state index contributed by atoms with van der Waals surface area (Å²) in [5.41, 5.74) is 2.11. The summed E-state index contributed by atoms with van der Waals surface area (Å²) in [5.74, 6) is -0.0985. The molecule has 33 heavy (non-hydrogen) atoms. The van der Waals surface area contributed by atoms with Crippen LogP contribution in [-0.4, -0.2) is 36.9 Å². The lowest BCUT2D eigenvalue weighted by atomic mass is 9.97. The maximum atomic E-state index is 14.3. The molecule has 7 nitrogen and oxygen atoms in total. The van der Waals surface area contributed by atoms with Gasteiger partial charge in [-0.1, -0.05) is 12.1 Å². The Morgan fingerprint density at radius 3 is 2.67 bits per heavy atom. The summed E-state index contributed by atoms with van der Waals surface area (Å²) in [6.45, 7) is 1.83. The van der Waals surface area contributed by atoms with E-state index in [1.807, 2.05) is 0 Å². The van der Waals surface area contributed by atoms with Gasteiger partial charge in [0.15, 0.2) is 17.6 Å². The third-order valence-corrected chi connectivity index (χ3v) is 5.62. The predicted octanol–water partition coefficient (Wildman–Crippen LogP) is 4.25. The van der Waals surface area contributed by atoms with Crippen LogP contribution in [0.15, 0.2) is 54.7 Å². The number of hydrogen-bond acceptors (Lipinski definition) is 7. The number of rotatable bonds is 6. The van der Waals surface area contributed by atoms with Crippen molar-refractivity contribution in [1.82, 2.24) is 4.98 Å². The number of carbonyl (C=O) groups is 1. The van der Waals surface area contributed by atoms with Gasteiger partial charge < -0.3 is 24.1 Å². The molecule has 1 aliphatic heterocycles. The summed E-state index contributed by atoms with van der Waals surface area (Å²) in [5, 5.41) is 10.5. The number of esters is 1. The molecule has 0 saturated carbocycles. The van der Waals surface area contributed by atoms with Gasteiger partial charge in [0.1, 0.15) is 18.2 Å². The predicted molar refractivity (Wildman–Crippen MR) is 118 cm³/mol. The fourth-order valence-corrected chi connectivity index (χ4v) is 3.63. The standard InChI is InChI=1S/C25H24FNO6/c1-14(25(29)31-3)24(28)15-5-9-21-22(10-15)33-23(13-32-21)20-8-4-16(12-27-20)18-11-17(30-2)6-7-19(18)26/h4-12,14,23-24,28H,13H2,1-3H3/t14-,23?,24+/m0/s1. The van der Waals surface area contributed by atoms with Gasteiger partial charge in [-0.2, -0.15) is 0 Å². The van der Waals surface area contributed by atoms with E-state index in [9.17, 15) is 14.3 Å². The SMILES string of the molecule is COC(=O)[C@@H](C)[C@@H](O)c1ccc2c(c1)OC(c1ccc(-c3cc(OC)ccc3F)cn1)CO2. The number of carbonyl (C=O) groups excluding carboxylic acids is 1. The second kappa shape index (κ2) is 9.46. The first-order valence-electron chi connectivity index (χ1n) is 10.4. The van der Waals surface area contributed by atoms with Gasteiger partial charge in [-0.15, -0.1) is 0 Å². The molecule has 1 aromatic heterocycles. The monoisotopic (exact) mass is 453 g/mol. The Hall–Kier alpha value is -3.65. The molecule has 0 amide bonds. The Labute approximate surface area is 190 Å². The highest BCUT2D eigenvalue weighted by Gasteiger charge is 2.28. The summed E-state index contributed by atoms with van der Waals surface area (Å²) >= 11 is 0. The first-order valence-corrected chi connectivity index (χ1v) is 10.4. The molecule has 0 fully saturated rings. The van der Waals surface area contributed by atoms with Gasteiger partial charge in [0, 0.05) is 17.3 Å². The number of aliphatic hydroxyl groups is 1. The van der Waals surface area contributed by atoms with Crippen molar-refractivity contribution in [2.45, 2.75) is 19.1 Å². The van der Waals surface area contributed by atoms with Crippen LogP contribution in [0.1, 0.15) is 30.4 Å². The van der Waals surface area contributed by atoms with Crippen LogP contribution in [0.5, 0.6) is 17.2 Å². The van der Waals surface area contributed by atoms with Crippen molar-refractivity contribution in [3.05, 3.63) is 71.8 Å². The maximum absolute atomic E-state index is 14.3. The van der Waals surface area contributed by atoms with Crippen molar-refractivity contribution < 1.29 is 33.2 Å². The summed E-state index contributed by atoms with van der Waals surface area (Å²) < 4.78 is 36.0. The fraction of sp³-hybridized carbons (Fsp3) is 0.280. The minimum absolute atomic E-state index is 0.243. The number of ether oxygens (including phenoxy) is 4. The minimum atomic E-state index is -1.05. The molecule has 1 N–H and O–H groups in total. The van der Waals surface area contributed by atoms with Gasteiger partial charge in [-0.05, 0) is 48.9 Å². The molecule has 8 heteroatoms. The summed E-state index contributed by atoms with van der Waals surface area (Å²) in [6.07, 6.45) is 0.0265. The Kier molecular flexibility index (Phi) is 6.46. The van der Waals surface area contributed by atoms with Crippen molar-refractivity contribution in [3.63, 3.8) is 0 Å². The molecule has 3 atom stereocenters. The lowest BCUT2D eigenvalue weighted by Gasteiger charge is -2.27. The third-order valence-electron chi connectivity index (χ3n) is 5.62. The van der Waals surface area contributed by atoms with Crippen LogP contribution in [0.2, 0.25) is 0 Å². The molecule has 0 spiro atoms. The Balaban J connectivity index is 1.53. The highest BCUT2D eigenvalue weighted by Crippen LogP contribution is 2.39. The van der Waals surface area contributed by atoms with Crippen LogP contribution in [0.3, 0.4) is 0 Å². The number of benzene rings is 2. The highest BCUT2D eigenvalue weighted by atomic mass is 19.1. The molecule has 2 heterocycles. The second-order valence-electron chi connectivity index (χ2n) is 7.70. The Morgan fingerprint density at radius 2 is 1.97 bits per heavy atom. The van der Waals surface area contributed by atoms with E-state index in [2.05, 4.69) is 4.98 Å². The van der Waals surface area contributed by atoms with Gasteiger partial charge in [-0.3, -0.25) is 9.78 Å². The van der Waals surface area contributed by atoms with Crippen molar-refractivity contribution in [2.75, 3.05) is 20.8 Å². The zero-order valence-corrected chi connectivity index (χ0v) is 18.4. The Morgan fingerprint density at radius 1 is 1.15 bits per heavy atom. The van der Waals surface area contributed by atoms with Crippen LogP contribution in [-0.2, 0) is 9.53 Å². The molecular weight excluding hydrogens is 429 g/mol. The van der Waals surface area contributed by atoms with Crippen molar-refractivity contribution in [3.8, 4) is 28.4 Å². The van der Waals surface area contributed by atoms with Crippen LogP contribution in [0.4, 0.5) is 4.39 Å². The molecule has 1 aliphatic rings. The molecule has 0 saturated heterocycles. The van der Waals surface area contributed by atoms with E-state index < -0.39 is 24.1 Å². The molecule has 0 aliphatic carbocycles. The zero-order chi connectivity index (χ0) is 23.5. The van der Waals surface area contributed by atoms with Gasteiger partial charge in [0.05, 0.1) is 31.9 Å². The molecule has 4 rings (SSSR count). The number of pyridine rings is 1. The normalized spacial score (nSPS) is 16.6. The number of aliphatic hydroxyl groups excluding tert-OH is 1. The highest BCUT2D eigenvalue weighted by molar-refractivity contribution is 5.73. The van der Waals surface area contributed by atoms with E-state index >= 15 is 0 Å². The van der Waals surface area contributed by atoms with E-state index in [0.29, 0.717) is 39.6 Å². The lowest BCUT2D eigenvalue weighted by molar-refractivity contribution is -0.148. The molecule has 1 unspecified atom stereocenters. The smallest absolute Gasteiger partial charge is 0.311 e. The number of hydrogen-bond donors (Lipinski definition) is 1. The van der Waals surface area contributed by atoms with E-state index in [1.54, 1.807) is 55.6 Å². The largest absolute Gasteiger partial charge is 0.497 e. The van der Waals surface area contributed by atoms with Gasteiger partial charge >= 0.3 is 5.97 Å². The van der Waals surface area contributed by atoms with Crippen molar-refractivity contribution in [2.24, 2.45) is 5.92 Å². The third kappa shape index (κ3) is 4.61. The minimum Gasteiger partial charge on any atom is -0.497 e. The van der Waals surface area contributed by atoms with Crippen LogP contribution in [0.25, 0.3) is 11.1 Å². The molecule has 0 radical (unpaired) electrons. The summed E-state index contributed by atoms with van der Waals surface area (Å²) in [6, 6.07) is 13.1. The lowest BCUT2D eigenvalue weighted by Crippen LogP contribution is -2.23. The van der Waals surface area contributed by atoms with Crippen LogP contribution < -0.4 is 14.2 Å². The molecule has 0 bridgehead atoms. The molecule has 3 aromatic rings.